The first-order chi connectivity index (χ1) is 13.4. The van der Waals surface area contributed by atoms with Gasteiger partial charge in [-0.3, -0.25) is 0 Å². The van der Waals surface area contributed by atoms with Crippen LogP contribution in [-0.4, -0.2) is 46.5 Å². The van der Waals surface area contributed by atoms with Crippen LogP contribution in [-0.2, 0) is 29.5 Å². The van der Waals surface area contributed by atoms with Crippen LogP contribution in [0.15, 0.2) is 46.1 Å². The Morgan fingerprint density at radius 2 is 2.25 bits per heavy atom. The van der Waals surface area contributed by atoms with E-state index in [0.717, 1.165) is 27.1 Å². The Balaban J connectivity index is 1.76. The molecular formula is C18H20BrN5O2S2. The first kappa shape index (κ1) is 19.6. The predicted molar refractivity (Wildman–Crippen MR) is 114 cm³/mol. The Bertz CT molecular complexity index is 1040. The molecule has 0 spiro atoms. The van der Waals surface area contributed by atoms with Crippen LogP contribution in [0.4, 0.5) is 5.69 Å². The molecular weight excluding hydrogens is 462 g/mol. The highest BCUT2D eigenvalue weighted by Crippen LogP contribution is 2.32. The molecule has 0 aliphatic carbocycles. The fourth-order valence-corrected chi connectivity index (χ4v) is 5.63. The van der Waals surface area contributed by atoms with Crippen molar-refractivity contribution in [2.24, 2.45) is 0 Å². The number of hydrogen-bond donors (Lipinski definition) is 1. The zero-order valence-corrected chi connectivity index (χ0v) is 18.5. The van der Waals surface area contributed by atoms with Crippen molar-refractivity contribution in [3.05, 3.63) is 63.0 Å². The first-order valence-electron chi connectivity index (χ1n) is 8.74. The minimum atomic E-state index is -3.40. The van der Waals surface area contributed by atoms with Gasteiger partial charge in [0.05, 0.1) is 36.0 Å². The van der Waals surface area contributed by atoms with Crippen molar-refractivity contribution in [1.29, 1.82) is 0 Å². The van der Waals surface area contributed by atoms with Crippen LogP contribution in [0.2, 0.25) is 0 Å². The van der Waals surface area contributed by atoms with Crippen LogP contribution in [0.1, 0.15) is 17.0 Å². The van der Waals surface area contributed by atoms with E-state index in [9.17, 15) is 8.42 Å². The third-order valence-electron chi connectivity index (χ3n) is 4.82. The molecule has 0 radical (unpaired) electrons. The molecule has 1 aromatic carbocycles. The summed E-state index contributed by atoms with van der Waals surface area (Å²) in [6.07, 6.45) is 5.31. The highest BCUT2D eigenvalue weighted by Gasteiger charge is 2.33. The lowest BCUT2D eigenvalue weighted by Crippen LogP contribution is -2.45. The molecule has 0 amide bonds. The largest absolute Gasteiger partial charge is 0.364 e. The number of rotatable bonds is 5. The molecule has 10 heteroatoms. The van der Waals surface area contributed by atoms with Crippen LogP contribution in [0, 0.1) is 0 Å². The average molecular weight is 482 g/mol. The van der Waals surface area contributed by atoms with Crippen molar-refractivity contribution >= 4 is 43.0 Å². The van der Waals surface area contributed by atoms with Gasteiger partial charge in [-0.2, -0.15) is 4.31 Å². The Hall–Kier alpha value is -1.75. The van der Waals surface area contributed by atoms with Crippen LogP contribution in [0.3, 0.4) is 0 Å². The van der Waals surface area contributed by atoms with Crippen LogP contribution in [0.25, 0.3) is 0 Å². The predicted octanol–water partition coefficient (Wildman–Crippen LogP) is 3.02. The summed E-state index contributed by atoms with van der Waals surface area (Å²) >= 11 is 5.04. The summed E-state index contributed by atoms with van der Waals surface area (Å²) in [6, 6.07) is 5.82. The van der Waals surface area contributed by atoms with Gasteiger partial charge in [-0.1, -0.05) is 15.9 Å². The Morgan fingerprint density at radius 1 is 1.39 bits per heavy atom. The molecule has 28 heavy (non-hydrogen) atoms. The van der Waals surface area contributed by atoms with Crippen LogP contribution < -0.4 is 4.90 Å². The number of fused-ring (bicyclic) bond motifs is 1. The lowest BCUT2D eigenvalue weighted by molar-refractivity contribution is 0.319. The number of anilines is 1. The summed E-state index contributed by atoms with van der Waals surface area (Å²) < 4.78 is 27.8. The number of aromatic amines is 1. The van der Waals surface area contributed by atoms with Gasteiger partial charge in [0.15, 0.2) is 0 Å². The van der Waals surface area contributed by atoms with Crippen molar-refractivity contribution in [3.63, 3.8) is 0 Å². The number of nitrogens with one attached hydrogen (secondary N) is 1. The molecule has 2 aromatic heterocycles. The maximum atomic E-state index is 12.7. The molecule has 0 fully saturated rings. The maximum Gasteiger partial charge on any atom is 0.211 e. The van der Waals surface area contributed by atoms with Gasteiger partial charge < -0.3 is 9.88 Å². The molecule has 1 unspecified atom stereocenters. The zero-order chi connectivity index (χ0) is 19.7. The highest BCUT2D eigenvalue weighted by molar-refractivity contribution is 9.10. The standard InChI is InChI=1S/C18H20BrN5O2S2/c1-28(25,26)24-7-13-4-14(19)2-3-18(13)23(8-16-6-20-11-21-16)9-17(24)5-15-10-27-12-22-15/h2-4,6,10-12,17H,5,7-9H2,1H3,(H,20,21). The van der Waals surface area contributed by atoms with E-state index in [1.165, 1.54) is 17.6 Å². The number of benzene rings is 1. The molecule has 0 saturated heterocycles. The van der Waals surface area contributed by atoms with Gasteiger partial charge in [0.2, 0.25) is 10.0 Å². The van der Waals surface area contributed by atoms with Crippen molar-refractivity contribution in [2.75, 3.05) is 17.7 Å². The molecule has 0 bridgehead atoms. The summed E-state index contributed by atoms with van der Waals surface area (Å²) in [5.74, 6) is 0. The third-order valence-corrected chi connectivity index (χ3v) is 7.22. The molecule has 1 aliphatic heterocycles. The van der Waals surface area contributed by atoms with E-state index in [2.05, 4.69) is 35.8 Å². The highest BCUT2D eigenvalue weighted by atomic mass is 79.9. The molecule has 0 saturated carbocycles. The van der Waals surface area contributed by atoms with Gasteiger partial charge in [0, 0.05) is 47.3 Å². The number of H-pyrrole nitrogens is 1. The molecule has 3 heterocycles. The van der Waals surface area contributed by atoms with Gasteiger partial charge in [-0.05, 0) is 23.8 Å². The Labute approximate surface area is 176 Å². The number of nitrogens with zero attached hydrogens (tertiary/aromatic N) is 4. The topological polar surface area (TPSA) is 82.2 Å². The summed E-state index contributed by atoms with van der Waals surface area (Å²) in [4.78, 5) is 13.9. The smallest absolute Gasteiger partial charge is 0.211 e. The van der Waals surface area contributed by atoms with Crippen molar-refractivity contribution < 1.29 is 8.42 Å². The van der Waals surface area contributed by atoms with E-state index in [0.29, 0.717) is 26.1 Å². The second-order valence-electron chi connectivity index (χ2n) is 6.88. The first-order valence-corrected chi connectivity index (χ1v) is 12.3. The van der Waals surface area contributed by atoms with Gasteiger partial charge in [0.1, 0.15) is 0 Å². The molecule has 1 N–H and O–H groups in total. The van der Waals surface area contributed by atoms with Crippen molar-refractivity contribution in [2.45, 2.75) is 25.6 Å². The molecule has 7 nitrogen and oxygen atoms in total. The van der Waals surface area contributed by atoms with Gasteiger partial charge in [0.25, 0.3) is 0 Å². The fourth-order valence-electron chi connectivity index (χ4n) is 3.59. The summed E-state index contributed by atoms with van der Waals surface area (Å²) in [6.45, 7) is 1.53. The fraction of sp³-hybridized carbons (Fsp3) is 0.333. The van der Waals surface area contributed by atoms with E-state index in [4.69, 9.17) is 0 Å². The number of aromatic nitrogens is 3. The third kappa shape index (κ3) is 4.29. The van der Waals surface area contributed by atoms with E-state index in [-0.39, 0.29) is 6.04 Å². The number of hydrogen-bond acceptors (Lipinski definition) is 6. The SMILES string of the molecule is CS(=O)(=O)N1Cc2cc(Br)ccc2N(Cc2cnc[nH]2)CC1Cc1cscn1. The average Bonchev–Trinajstić information content (AvgIpc) is 3.29. The minimum absolute atomic E-state index is 0.216. The molecule has 4 rings (SSSR count). The zero-order valence-electron chi connectivity index (χ0n) is 15.2. The summed E-state index contributed by atoms with van der Waals surface area (Å²) in [5.41, 5.74) is 5.68. The van der Waals surface area contributed by atoms with Crippen molar-refractivity contribution in [1.82, 2.24) is 19.3 Å². The van der Waals surface area contributed by atoms with Gasteiger partial charge in [-0.15, -0.1) is 11.3 Å². The minimum Gasteiger partial charge on any atom is -0.364 e. The summed E-state index contributed by atoms with van der Waals surface area (Å²) in [5, 5.41) is 1.98. The number of halogens is 1. The van der Waals surface area contributed by atoms with Crippen LogP contribution >= 0.6 is 27.3 Å². The number of imidazole rings is 1. The number of thiazole rings is 1. The monoisotopic (exact) mass is 481 g/mol. The van der Waals surface area contributed by atoms with E-state index >= 15 is 0 Å². The van der Waals surface area contributed by atoms with Crippen LogP contribution in [0.5, 0.6) is 0 Å². The van der Waals surface area contributed by atoms with E-state index in [1.807, 2.05) is 23.6 Å². The Kier molecular flexibility index (Phi) is 5.55. The number of sulfonamides is 1. The van der Waals surface area contributed by atoms with E-state index < -0.39 is 10.0 Å². The molecule has 148 valence electrons. The maximum absolute atomic E-state index is 12.7. The van der Waals surface area contributed by atoms with E-state index in [1.54, 1.807) is 22.3 Å². The second-order valence-corrected chi connectivity index (χ2v) is 10.4. The molecule has 1 aliphatic rings. The molecule has 1 atom stereocenters. The van der Waals surface area contributed by atoms with Gasteiger partial charge >= 0.3 is 0 Å². The Morgan fingerprint density at radius 3 is 2.93 bits per heavy atom. The second kappa shape index (κ2) is 7.94. The lowest BCUT2D eigenvalue weighted by atomic mass is 10.1. The van der Waals surface area contributed by atoms with Crippen molar-refractivity contribution in [3.8, 4) is 0 Å². The quantitative estimate of drug-likeness (QED) is 0.605. The lowest BCUT2D eigenvalue weighted by Gasteiger charge is -2.30. The van der Waals surface area contributed by atoms with Gasteiger partial charge in [-0.25, -0.2) is 18.4 Å². The molecule has 3 aromatic rings. The normalized spacial score (nSPS) is 18.1. The summed E-state index contributed by atoms with van der Waals surface area (Å²) in [7, 11) is -3.40.